The van der Waals surface area contributed by atoms with Crippen LogP contribution in [0, 0.1) is 12.8 Å². The Bertz CT molecular complexity index is 457. The van der Waals surface area contributed by atoms with Crippen LogP contribution in [0.5, 0.6) is 0 Å². The fourth-order valence-corrected chi connectivity index (χ4v) is 2.31. The predicted molar refractivity (Wildman–Crippen MR) is 68.5 cm³/mol. The molecule has 0 radical (unpaired) electrons. The second-order valence-electron chi connectivity index (χ2n) is 4.87. The van der Waals surface area contributed by atoms with E-state index in [-0.39, 0.29) is 5.56 Å². The molecule has 0 amide bonds. The van der Waals surface area contributed by atoms with Crippen molar-refractivity contribution in [2.75, 3.05) is 23.7 Å². The van der Waals surface area contributed by atoms with Crippen molar-refractivity contribution >= 4 is 17.3 Å². The number of nitrogen functional groups attached to an aromatic ring is 1. The number of nitrogens with zero attached hydrogens (tertiary/aromatic N) is 1. The van der Waals surface area contributed by atoms with Gasteiger partial charge in [-0.15, -0.1) is 0 Å². The highest BCUT2D eigenvalue weighted by molar-refractivity contribution is 5.95. The smallest absolute Gasteiger partial charge is 0.337 e. The molecule has 1 fully saturated rings. The molecule has 2 rings (SSSR count). The molecule has 1 heterocycles. The van der Waals surface area contributed by atoms with E-state index in [0.29, 0.717) is 11.6 Å². The van der Waals surface area contributed by atoms with E-state index in [1.807, 2.05) is 13.0 Å². The molecule has 1 saturated heterocycles. The van der Waals surface area contributed by atoms with E-state index >= 15 is 0 Å². The van der Waals surface area contributed by atoms with Gasteiger partial charge in [0.2, 0.25) is 0 Å². The molecule has 0 saturated carbocycles. The minimum Gasteiger partial charge on any atom is -0.478 e. The zero-order valence-corrected chi connectivity index (χ0v) is 10.2. The van der Waals surface area contributed by atoms with Crippen molar-refractivity contribution in [3.05, 3.63) is 23.3 Å². The lowest BCUT2D eigenvalue weighted by Crippen LogP contribution is -2.20. The van der Waals surface area contributed by atoms with E-state index in [1.165, 1.54) is 0 Å². The highest BCUT2D eigenvalue weighted by atomic mass is 16.4. The van der Waals surface area contributed by atoms with Crippen LogP contribution in [0.4, 0.5) is 11.4 Å². The summed E-state index contributed by atoms with van der Waals surface area (Å²) in [7, 11) is 0. The number of anilines is 2. The van der Waals surface area contributed by atoms with Crippen LogP contribution >= 0.6 is 0 Å². The number of carboxylic acid groups (broad SMARTS) is 1. The van der Waals surface area contributed by atoms with Gasteiger partial charge in [0.25, 0.3) is 0 Å². The SMILES string of the molecule is Cc1cc(N2CCC(C)C2)cc(C(=O)O)c1N. The van der Waals surface area contributed by atoms with Crippen LogP contribution in [0.15, 0.2) is 12.1 Å². The van der Waals surface area contributed by atoms with Gasteiger partial charge in [0.15, 0.2) is 0 Å². The molecule has 1 atom stereocenters. The minimum atomic E-state index is -0.959. The van der Waals surface area contributed by atoms with E-state index < -0.39 is 5.97 Å². The molecule has 92 valence electrons. The standard InChI is InChI=1S/C13H18N2O2/c1-8-3-4-15(7-8)10-5-9(2)12(14)11(6-10)13(16)17/h5-6,8H,3-4,7,14H2,1-2H3,(H,16,17). The Hall–Kier alpha value is -1.71. The summed E-state index contributed by atoms with van der Waals surface area (Å²) in [5.74, 6) is -0.291. The van der Waals surface area contributed by atoms with Gasteiger partial charge in [-0.1, -0.05) is 6.92 Å². The summed E-state index contributed by atoms with van der Waals surface area (Å²) in [4.78, 5) is 13.3. The molecular formula is C13H18N2O2. The molecule has 1 aliphatic heterocycles. The predicted octanol–water partition coefficient (Wildman–Crippen LogP) is 2.12. The number of rotatable bonds is 2. The fourth-order valence-electron chi connectivity index (χ4n) is 2.31. The third kappa shape index (κ3) is 2.20. The molecule has 17 heavy (non-hydrogen) atoms. The quantitative estimate of drug-likeness (QED) is 0.769. The lowest BCUT2D eigenvalue weighted by atomic mass is 10.1. The highest BCUT2D eigenvalue weighted by Gasteiger charge is 2.21. The van der Waals surface area contributed by atoms with E-state index in [1.54, 1.807) is 6.07 Å². The largest absolute Gasteiger partial charge is 0.478 e. The average Bonchev–Trinajstić information content (AvgIpc) is 2.68. The van der Waals surface area contributed by atoms with Crippen molar-refractivity contribution in [3.63, 3.8) is 0 Å². The second-order valence-corrected chi connectivity index (χ2v) is 4.87. The van der Waals surface area contributed by atoms with E-state index in [4.69, 9.17) is 10.8 Å². The first-order valence-electron chi connectivity index (χ1n) is 5.87. The van der Waals surface area contributed by atoms with Crippen molar-refractivity contribution in [2.45, 2.75) is 20.3 Å². The second kappa shape index (κ2) is 4.28. The van der Waals surface area contributed by atoms with Crippen LogP contribution in [0.3, 0.4) is 0 Å². The molecule has 4 heteroatoms. The van der Waals surface area contributed by atoms with Crippen molar-refractivity contribution in [3.8, 4) is 0 Å². The summed E-state index contributed by atoms with van der Waals surface area (Å²) >= 11 is 0. The molecule has 1 aromatic carbocycles. The molecule has 1 unspecified atom stereocenters. The maximum absolute atomic E-state index is 11.1. The Morgan fingerprint density at radius 1 is 1.53 bits per heavy atom. The number of aryl methyl sites for hydroxylation is 1. The molecule has 1 aliphatic rings. The van der Waals surface area contributed by atoms with E-state index in [9.17, 15) is 4.79 Å². The van der Waals surface area contributed by atoms with Crippen LogP contribution in [0.25, 0.3) is 0 Å². The normalized spacial score (nSPS) is 19.6. The third-order valence-corrected chi connectivity index (χ3v) is 3.39. The minimum absolute atomic E-state index is 0.208. The zero-order chi connectivity index (χ0) is 12.6. The van der Waals surface area contributed by atoms with Gasteiger partial charge in [-0.2, -0.15) is 0 Å². The molecule has 0 aliphatic carbocycles. The first kappa shape index (κ1) is 11.8. The number of benzene rings is 1. The van der Waals surface area contributed by atoms with E-state index in [0.717, 1.165) is 30.8 Å². The van der Waals surface area contributed by atoms with Crippen molar-refractivity contribution in [1.29, 1.82) is 0 Å². The number of carbonyl (C=O) groups is 1. The van der Waals surface area contributed by atoms with Crippen LogP contribution in [-0.2, 0) is 0 Å². The Kier molecular flexibility index (Phi) is 2.96. The molecule has 4 nitrogen and oxygen atoms in total. The topological polar surface area (TPSA) is 66.6 Å². The van der Waals surface area contributed by atoms with Crippen LogP contribution in [0.2, 0.25) is 0 Å². The summed E-state index contributed by atoms with van der Waals surface area (Å²) in [6, 6.07) is 3.66. The van der Waals surface area contributed by atoms with Gasteiger partial charge < -0.3 is 15.7 Å². The number of carboxylic acids is 1. The lowest BCUT2D eigenvalue weighted by molar-refractivity contribution is 0.0698. The molecule has 0 aromatic heterocycles. The summed E-state index contributed by atoms with van der Waals surface area (Å²) < 4.78 is 0. The molecule has 0 spiro atoms. The maximum Gasteiger partial charge on any atom is 0.337 e. The Labute approximate surface area is 101 Å². The maximum atomic E-state index is 11.1. The third-order valence-electron chi connectivity index (χ3n) is 3.39. The first-order chi connectivity index (χ1) is 7.99. The number of hydrogen-bond acceptors (Lipinski definition) is 3. The highest BCUT2D eigenvalue weighted by Crippen LogP contribution is 2.29. The van der Waals surface area contributed by atoms with Crippen LogP contribution in [0.1, 0.15) is 29.3 Å². The Morgan fingerprint density at radius 3 is 2.76 bits per heavy atom. The summed E-state index contributed by atoms with van der Waals surface area (Å²) in [5.41, 5.74) is 8.16. The summed E-state index contributed by atoms with van der Waals surface area (Å²) in [5, 5.41) is 9.11. The van der Waals surface area contributed by atoms with Crippen LogP contribution in [-0.4, -0.2) is 24.2 Å². The van der Waals surface area contributed by atoms with Gasteiger partial charge >= 0.3 is 5.97 Å². The average molecular weight is 234 g/mol. The van der Waals surface area contributed by atoms with Crippen molar-refractivity contribution in [1.82, 2.24) is 0 Å². The van der Waals surface area contributed by atoms with Gasteiger partial charge in [-0.3, -0.25) is 0 Å². The zero-order valence-electron chi connectivity index (χ0n) is 10.2. The van der Waals surface area contributed by atoms with Crippen molar-refractivity contribution in [2.24, 2.45) is 5.92 Å². The molecule has 1 aromatic rings. The Balaban J connectivity index is 2.39. The number of aromatic carboxylic acids is 1. The van der Waals surface area contributed by atoms with Gasteiger partial charge in [0.05, 0.1) is 5.56 Å². The first-order valence-corrected chi connectivity index (χ1v) is 5.87. The molecule has 3 N–H and O–H groups in total. The lowest BCUT2D eigenvalue weighted by Gasteiger charge is -2.20. The fraction of sp³-hybridized carbons (Fsp3) is 0.462. The van der Waals surface area contributed by atoms with Gasteiger partial charge in [-0.05, 0) is 37.0 Å². The molecule has 0 bridgehead atoms. The number of hydrogen-bond donors (Lipinski definition) is 2. The summed E-state index contributed by atoms with van der Waals surface area (Å²) in [6.45, 7) is 6.04. The molecular weight excluding hydrogens is 216 g/mol. The van der Waals surface area contributed by atoms with Crippen LogP contribution < -0.4 is 10.6 Å². The van der Waals surface area contributed by atoms with Gasteiger partial charge in [0.1, 0.15) is 0 Å². The van der Waals surface area contributed by atoms with E-state index in [2.05, 4.69) is 11.8 Å². The monoisotopic (exact) mass is 234 g/mol. The Morgan fingerprint density at radius 2 is 2.24 bits per heavy atom. The van der Waals surface area contributed by atoms with Gasteiger partial charge in [0, 0.05) is 24.5 Å². The summed E-state index contributed by atoms with van der Waals surface area (Å²) in [6.07, 6.45) is 1.16. The number of nitrogens with two attached hydrogens (primary N) is 1. The van der Waals surface area contributed by atoms with Gasteiger partial charge in [-0.25, -0.2) is 4.79 Å². The van der Waals surface area contributed by atoms with Crippen molar-refractivity contribution < 1.29 is 9.90 Å².